The van der Waals surface area contributed by atoms with Crippen molar-refractivity contribution >= 4 is 28.8 Å². The van der Waals surface area contributed by atoms with Crippen molar-refractivity contribution in [1.29, 1.82) is 0 Å². The normalized spacial score (nSPS) is 11.1. The zero-order chi connectivity index (χ0) is 16.9. The molecule has 126 valence electrons. The average Bonchev–Trinajstić information content (AvgIpc) is 3.19. The minimum absolute atomic E-state index is 0.169. The van der Waals surface area contributed by atoms with Gasteiger partial charge in [-0.25, -0.2) is 4.98 Å². The summed E-state index contributed by atoms with van der Waals surface area (Å²) in [6.07, 6.45) is 2.01. The molecule has 1 amide bonds. The molecule has 0 aliphatic carbocycles. The first-order valence-electron chi connectivity index (χ1n) is 8.02. The Balaban J connectivity index is 1.59. The van der Waals surface area contributed by atoms with E-state index < -0.39 is 0 Å². The van der Waals surface area contributed by atoms with Gasteiger partial charge in [0.1, 0.15) is 11.3 Å². The standard InChI is InChI=1S/C18H20N2O3S/c1-3-4-9-19-17(21)16-8-6-13(22-16)11-24-18-20-14-10-12(2)5-7-15(14)23-18/h5-8,10H,3-4,9,11H2,1-2H3,(H,19,21). The lowest BCUT2D eigenvalue weighted by Crippen LogP contribution is -2.23. The summed E-state index contributed by atoms with van der Waals surface area (Å²) in [5.74, 6) is 1.46. The van der Waals surface area contributed by atoms with E-state index in [4.69, 9.17) is 8.83 Å². The van der Waals surface area contributed by atoms with Crippen LogP contribution < -0.4 is 5.32 Å². The molecule has 0 fully saturated rings. The van der Waals surface area contributed by atoms with Crippen LogP contribution in [0.3, 0.4) is 0 Å². The highest BCUT2D eigenvalue weighted by Gasteiger charge is 2.12. The predicted octanol–water partition coefficient (Wildman–Crippen LogP) is 4.55. The van der Waals surface area contributed by atoms with Gasteiger partial charge in [-0.05, 0) is 43.2 Å². The van der Waals surface area contributed by atoms with Crippen LogP contribution in [-0.2, 0) is 5.75 Å². The third-order valence-corrected chi connectivity index (χ3v) is 4.41. The Hall–Kier alpha value is -2.21. The first kappa shape index (κ1) is 16.6. The molecular weight excluding hydrogens is 324 g/mol. The van der Waals surface area contributed by atoms with E-state index in [-0.39, 0.29) is 5.91 Å². The Morgan fingerprint density at radius 2 is 2.12 bits per heavy atom. The molecule has 2 heterocycles. The molecule has 0 unspecified atom stereocenters. The van der Waals surface area contributed by atoms with E-state index in [9.17, 15) is 4.79 Å². The minimum atomic E-state index is -0.169. The number of oxazole rings is 1. The number of unbranched alkanes of at least 4 members (excludes halogenated alkanes) is 1. The molecule has 6 heteroatoms. The number of nitrogens with zero attached hydrogens (tertiary/aromatic N) is 1. The number of carbonyl (C=O) groups excluding carboxylic acids is 1. The molecule has 3 aromatic rings. The lowest BCUT2D eigenvalue weighted by atomic mass is 10.2. The van der Waals surface area contributed by atoms with E-state index in [1.807, 2.05) is 31.2 Å². The maximum absolute atomic E-state index is 11.9. The number of hydrogen-bond acceptors (Lipinski definition) is 5. The minimum Gasteiger partial charge on any atom is -0.455 e. The number of thioether (sulfide) groups is 1. The Kier molecular flexibility index (Phi) is 5.25. The van der Waals surface area contributed by atoms with Crippen LogP contribution in [0, 0.1) is 6.92 Å². The maximum Gasteiger partial charge on any atom is 0.286 e. The number of benzene rings is 1. The van der Waals surface area contributed by atoms with E-state index >= 15 is 0 Å². The summed E-state index contributed by atoms with van der Waals surface area (Å²) in [5, 5.41) is 3.44. The van der Waals surface area contributed by atoms with Crippen molar-refractivity contribution in [3.63, 3.8) is 0 Å². The number of aryl methyl sites for hydroxylation is 1. The highest BCUT2D eigenvalue weighted by molar-refractivity contribution is 7.98. The second kappa shape index (κ2) is 7.57. The molecule has 0 saturated carbocycles. The Bertz CT molecular complexity index is 838. The molecule has 0 saturated heterocycles. The van der Waals surface area contributed by atoms with E-state index in [0.29, 0.717) is 23.3 Å². The van der Waals surface area contributed by atoms with Gasteiger partial charge in [0.25, 0.3) is 11.1 Å². The zero-order valence-corrected chi connectivity index (χ0v) is 14.6. The summed E-state index contributed by atoms with van der Waals surface area (Å²) in [5.41, 5.74) is 2.78. The second-order valence-electron chi connectivity index (χ2n) is 5.62. The first-order valence-corrected chi connectivity index (χ1v) is 9.01. The summed E-state index contributed by atoms with van der Waals surface area (Å²) in [6, 6.07) is 9.43. The van der Waals surface area contributed by atoms with Crippen LogP contribution in [0.1, 0.15) is 41.6 Å². The van der Waals surface area contributed by atoms with Gasteiger partial charge >= 0.3 is 0 Å². The molecule has 3 rings (SSSR count). The van der Waals surface area contributed by atoms with Gasteiger partial charge in [-0.2, -0.15) is 0 Å². The molecule has 1 aromatic carbocycles. The van der Waals surface area contributed by atoms with E-state index in [1.165, 1.54) is 11.8 Å². The van der Waals surface area contributed by atoms with Crippen LogP contribution in [0.4, 0.5) is 0 Å². The maximum atomic E-state index is 11.9. The van der Waals surface area contributed by atoms with Gasteiger partial charge in [0, 0.05) is 6.54 Å². The first-order chi connectivity index (χ1) is 11.7. The highest BCUT2D eigenvalue weighted by atomic mass is 32.2. The lowest BCUT2D eigenvalue weighted by molar-refractivity contribution is 0.0924. The van der Waals surface area contributed by atoms with E-state index in [2.05, 4.69) is 17.2 Å². The highest BCUT2D eigenvalue weighted by Crippen LogP contribution is 2.27. The Morgan fingerprint density at radius 1 is 1.25 bits per heavy atom. The van der Waals surface area contributed by atoms with Crippen LogP contribution in [0.25, 0.3) is 11.1 Å². The SMILES string of the molecule is CCCCNC(=O)c1ccc(CSc2nc3cc(C)ccc3o2)o1. The molecule has 0 bridgehead atoms. The van der Waals surface area contributed by atoms with Gasteiger partial charge in [0.15, 0.2) is 11.3 Å². The smallest absolute Gasteiger partial charge is 0.286 e. The number of carbonyl (C=O) groups is 1. The van der Waals surface area contributed by atoms with Gasteiger partial charge in [-0.3, -0.25) is 4.79 Å². The summed E-state index contributed by atoms with van der Waals surface area (Å²) < 4.78 is 11.3. The van der Waals surface area contributed by atoms with Gasteiger partial charge in [-0.15, -0.1) is 0 Å². The van der Waals surface area contributed by atoms with Crippen LogP contribution >= 0.6 is 11.8 Å². The Labute approximate surface area is 144 Å². The summed E-state index contributed by atoms with van der Waals surface area (Å²) >= 11 is 1.45. The monoisotopic (exact) mass is 344 g/mol. The molecule has 2 aromatic heterocycles. The molecular formula is C18H20N2O3S. The van der Waals surface area contributed by atoms with Crippen molar-refractivity contribution in [3.8, 4) is 0 Å². The molecule has 5 nitrogen and oxygen atoms in total. The fourth-order valence-corrected chi connectivity index (χ4v) is 2.99. The average molecular weight is 344 g/mol. The van der Waals surface area contributed by atoms with Gasteiger partial charge < -0.3 is 14.2 Å². The molecule has 0 aliphatic heterocycles. The summed E-state index contributed by atoms with van der Waals surface area (Å²) in [6.45, 7) is 4.78. The topological polar surface area (TPSA) is 68.3 Å². The fraction of sp³-hybridized carbons (Fsp3) is 0.333. The quantitative estimate of drug-likeness (QED) is 0.503. The van der Waals surface area contributed by atoms with Crippen molar-refractivity contribution < 1.29 is 13.6 Å². The summed E-state index contributed by atoms with van der Waals surface area (Å²) in [7, 11) is 0. The molecule has 0 spiro atoms. The lowest BCUT2D eigenvalue weighted by Gasteiger charge is -2.00. The molecule has 1 N–H and O–H groups in total. The van der Waals surface area contributed by atoms with Crippen LogP contribution in [-0.4, -0.2) is 17.4 Å². The predicted molar refractivity (Wildman–Crippen MR) is 94.3 cm³/mol. The van der Waals surface area contributed by atoms with Crippen LogP contribution in [0.5, 0.6) is 0 Å². The van der Waals surface area contributed by atoms with E-state index in [0.717, 1.165) is 35.3 Å². The van der Waals surface area contributed by atoms with Crippen molar-refractivity contribution in [3.05, 3.63) is 47.4 Å². The summed E-state index contributed by atoms with van der Waals surface area (Å²) in [4.78, 5) is 16.4. The zero-order valence-electron chi connectivity index (χ0n) is 13.8. The third kappa shape index (κ3) is 4.00. The number of nitrogens with one attached hydrogen (secondary N) is 1. The largest absolute Gasteiger partial charge is 0.455 e. The van der Waals surface area contributed by atoms with Gasteiger partial charge in [-0.1, -0.05) is 31.2 Å². The third-order valence-electron chi connectivity index (χ3n) is 3.56. The number of fused-ring (bicyclic) bond motifs is 1. The van der Waals surface area contributed by atoms with E-state index in [1.54, 1.807) is 6.07 Å². The van der Waals surface area contributed by atoms with Crippen LogP contribution in [0.15, 0.2) is 44.4 Å². The number of rotatable bonds is 7. The number of furan rings is 1. The second-order valence-corrected chi connectivity index (χ2v) is 6.54. The fourth-order valence-electron chi connectivity index (χ4n) is 2.25. The number of amides is 1. The van der Waals surface area contributed by atoms with Crippen LogP contribution in [0.2, 0.25) is 0 Å². The van der Waals surface area contributed by atoms with Crippen molar-refractivity contribution in [2.75, 3.05) is 6.54 Å². The van der Waals surface area contributed by atoms with Crippen molar-refractivity contribution in [2.24, 2.45) is 0 Å². The van der Waals surface area contributed by atoms with Gasteiger partial charge in [0.2, 0.25) is 0 Å². The van der Waals surface area contributed by atoms with Crippen molar-refractivity contribution in [1.82, 2.24) is 10.3 Å². The number of hydrogen-bond donors (Lipinski definition) is 1. The number of aromatic nitrogens is 1. The molecule has 0 aliphatic rings. The Morgan fingerprint density at radius 3 is 2.96 bits per heavy atom. The molecule has 0 radical (unpaired) electrons. The molecule has 24 heavy (non-hydrogen) atoms. The van der Waals surface area contributed by atoms with Gasteiger partial charge in [0.05, 0.1) is 5.75 Å². The molecule has 0 atom stereocenters. The van der Waals surface area contributed by atoms with Crippen molar-refractivity contribution in [2.45, 2.75) is 37.7 Å².